The first kappa shape index (κ1) is 17.9. The number of anilines is 1. The lowest BCUT2D eigenvalue weighted by Crippen LogP contribution is -2.47. The van der Waals surface area contributed by atoms with E-state index in [9.17, 15) is 19.7 Å². The van der Waals surface area contributed by atoms with Gasteiger partial charge in [0, 0.05) is 24.2 Å². The molecule has 0 heterocycles. The molecule has 1 aliphatic carbocycles. The van der Waals surface area contributed by atoms with Crippen molar-refractivity contribution in [1.82, 2.24) is 5.32 Å². The smallest absolute Gasteiger partial charge is 0.274 e. The third-order valence-electron chi connectivity index (χ3n) is 4.44. The first-order valence-electron chi connectivity index (χ1n) is 8.27. The molecule has 1 unspecified atom stereocenters. The number of amides is 2. The van der Waals surface area contributed by atoms with E-state index in [4.69, 9.17) is 0 Å². The van der Waals surface area contributed by atoms with Crippen molar-refractivity contribution in [3.63, 3.8) is 0 Å². The van der Waals surface area contributed by atoms with Gasteiger partial charge in [0.15, 0.2) is 0 Å². The summed E-state index contributed by atoms with van der Waals surface area (Å²) in [5.41, 5.74) is 0.983. The van der Waals surface area contributed by atoms with E-state index in [1.165, 1.54) is 13.0 Å². The molecular formula is C17H23N3O4. The van der Waals surface area contributed by atoms with Gasteiger partial charge in [-0.05, 0) is 31.2 Å². The minimum absolute atomic E-state index is 0.00718. The van der Waals surface area contributed by atoms with Crippen LogP contribution < -0.4 is 10.6 Å². The molecule has 2 N–H and O–H groups in total. The molecule has 1 atom stereocenters. The minimum Gasteiger partial charge on any atom is -0.344 e. The van der Waals surface area contributed by atoms with Crippen molar-refractivity contribution < 1.29 is 14.5 Å². The molecule has 0 spiro atoms. The lowest BCUT2D eigenvalue weighted by molar-refractivity contribution is -0.385. The number of nitro benzene ring substituents is 1. The molecule has 24 heavy (non-hydrogen) atoms. The molecule has 0 aliphatic heterocycles. The number of nitrogens with zero attached hydrogens (tertiary/aromatic N) is 1. The lowest BCUT2D eigenvalue weighted by Gasteiger charge is -2.23. The SMILES string of the molecule is CCc1ccc(NC(=O)C(NC(C)=O)C2CCCC2)cc1[N+](=O)[O-]. The van der Waals surface area contributed by atoms with Gasteiger partial charge in [-0.2, -0.15) is 0 Å². The molecule has 1 aliphatic rings. The third kappa shape index (κ3) is 4.31. The molecule has 2 rings (SSSR count). The summed E-state index contributed by atoms with van der Waals surface area (Å²) in [7, 11) is 0. The van der Waals surface area contributed by atoms with Crippen molar-refractivity contribution in [3.8, 4) is 0 Å². The van der Waals surface area contributed by atoms with Crippen molar-refractivity contribution in [1.29, 1.82) is 0 Å². The maximum Gasteiger partial charge on any atom is 0.274 e. The molecule has 7 nitrogen and oxygen atoms in total. The second kappa shape index (κ2) is 7.90. The summed E-state index contributed by atoms with van der Waals surface area (Å²) < 4.78 is 0. The van der Waals surface area contributed by atoms with Crippen LogP contribution in [-0.4, -0.2) is 22.8 Å². The van der Waals surface area contributed by atoms with Crippen molar-refractivity contribution in [2.45, 2.75) is 52.0 Å². The van der Waals surface area contributed by atoms with Gasteiger partial charge in [0.05, 0.1) is 4.92 Å². The van der Waals surface area contributed by atoms with Crippen LogP contribution in [0, 0.1) is 16.0 Å². The van der Waals surface area contributed by atoms with Crippen LogP contribution in [-0.2, 0) is 16.0 Å². The van der Waals surface area contributed by atoms with Crippen LogP contribution in [0.4, 0.5) is 11.4 Å². The Morgan fingerprint density at radius 2 is 2.00 bits per heavy atom. The topological polar surface area (TPSA) is 101 Å². The summed E-state index contributed by atoms with van der Waals surface area (Å²) in [6.45, 7) is 3.23. The molecule has 0 saturated heterocycles. The Bertz CT molecular complexity index is 639. The van der Waals surface area contributed by atoms with Crippen LogP contribution >= 0.6 is 0 Å². The average Bonchev–Trinajstić information content (AvgIpc) is 3.06. The molecule has 1 aromatic carbocycles. The van der Waals surface area contributed by atoms with Crippen molar-refractivity contribution in [2.24, 2.45) is 5.92 Å². The highest BCUT2D eigenvalue weighted by Gasteiger charge is 2.31. The van der Waals surface area contributed by atoms with Crippen molar-refractivity contribution in [2.75, 3.05) is 5.32 Å². The van der Waals surface area contributed by atoms with Crippen LogP contribution in [0.25, 0.3) is 0 Å². The Balaban J connectivity index is 2.18. The summed E-state index contributed by atoms with van der Waals surface area (Å²) in [4.78, 5) is 34.7. The Kier molecular flexibility index (Phi) is 5.89. The zero-order valence-corrected chi connectivity index (χ0v) is 14.0. The van der Waals surface area contributed by atoms with Gasteiger partial charge < -0.3 is 10.6 Å². The minimum atomic E-state index is -0.602. The van der Waals surface area contributed by atoms with Gasteiger partial charge in [0.25, 0.3) is 5.69 Å². The number of nitrogens with one attached hydrogen (secondary N) is 2. The van der Waals surface area contributed by atoms with Gasteiger partial charge in [-0.25, -0.2) is 0 Å². The maximum absolute atomic E-state index is 12.6. The normalized spacial score (nSPS) is 15.8. The van der Waals surface area contributed by atoms with Crippen LogP contribution in [0.1, 0.15) is 45.1 Å². The van der Waals surface area contributed by atoms with E-state index in [0.717, 1.165) is 25.7 Å². The van der Waals surface area contributed by atoms with Gasteiger partial charge in [-0.3, -0.25) is 19.7 Å². The van der Waals surface area contributed by atoms with Gasteiger partial charge in [0.1, 0.15) is 6.04 Å². The number of rotatable bonds is 6. The zero-order chi connectivity index (χ0) is 17.7. The van der Waals surface area contributed by atoms with E-state index in [0.29, 0.717) is 17.7 Å². The average molecular weight is 333 g/mol. The molecule has 1 saturated carbocycles. The van der Waals surface area contributed by atoms with Gasteiger partial charge in [0.2, 0.25) is 11.8 Å². The summed E-state index contributed by atoms with van der Waals surface area (Å²) in [5, 5.41) is 16.6. The molecule has 130 valence electrons. The van der Waals surface area contributed by atoms with E-state index >= 15 is 0 Å². The Morgan fingerprint density at radius 3 is 2.54 bits per heavy atom. The first-order valence-corrected chi connectivity index (χ1v) is 8.27. The first-order chi connectivity index (χ1) is 11.4. The number of hydrogen-bond acceptors (Lipinski definition) is 4. The molecule has 1 fully saturated rings. The number of carbonyl (C=O) groups excluding carboxylic acids is 2. The molecular weight excluding hydrogens is 310 g/mol. The molecule has 0 aromatic heterocycles. The molecule has 0 radical (unpaired) electrons. The fourth-order valence-electron chi connectivity index (χ4n) is 3.24. The van der Waals surface area contributed by atoms with Gasteiger partial charge in [-0.1, -0.05) is 25.8 Å². The largest absolute Gasteiger partial charge is 0.344 e. The number of hydrogen-bond donors (Lipinski definition) is 2. The van der Waals surface area contributed by atoms with Gasteiger partial charge >= 0.3 is 0 Å². The quantitative estimate of drug-likeness (QED) is 0.617. The standard InChI is InChI=1S/C17H23N3O4/c1-3-12-8-9-14(10-15(12)20(23)24)19-17(22)16(18-11(2)21)13-6-4-5-7-13/h8-10,13,16H,3-7H2,1-2H3,(H,18,21)(H,19,22). The summed E-state index contributed by atoms with van der Waals surface area (Å²) in [6.07, 6.45) is 4.43. The number of benzene rings is 1. The highest BCUT2D eigenvalue weighted by atomic mass is 16.6. The van der Waals surface area contributed by atoms with E-state index in [-0.39, 0.29) is 23.4 Å². The Hall–Kier alpha value is -2.44. The van der Waals surface area contributed by atoms with Crippen LogP contribution in [0.3, 0.4) is 0 Å². The van der Waals surface area contributed by atoms with Gasteiger partial charge in [-0.15, -0.1) is 0 Å². The summed E-state index contributed by atoms with van der Waals surface area (Å²) in [6, 6.07) is 4.07. The summed E-state index contributed by atoms with van der Waals surface area (Å²) >= 11 is 0. The lowest BCUT2D eigenvalue weighted by atomic mass is 9.97. The molecule has 7 heteroatoms. The highest BCUT2D eigenvalue weighted by Crippen LogP contribution is 2.29. The Labute approximate surface area is 141 Å². The summed E-state index contributed by atoms with van der Waals surface area (Å²) in [5.74, 6) is -0.469. The zero-order valence-electron chi connectivity index (χ0n) is 14.0. The maximum atomic E-state index is 12.6. The molecule has 0 bridgehead atoms. The third-order valence-corrected chi connectivity index (χ3v) is 4.44. The Morgan fingerprint density at radius 1 is 1.33 bits per heavy atom. The monoisotopic (exact) mass is 333 g/mol. The van der Waals surface area contributed by atoms with Crippen LogP contribution in [0.2, 0.25) is 0 Å². The van der Waals surface area contributed by atoms with E-state index in [2.05, 4.69) is 10.6 Å². The fraction of sp³-hybridized carbons (Fsp3) is 0.529. The van der Waals surface area contributed by atoms with E-state index < -0.39 is 11.0 Å². The number of carbonyl (C=O) groups is 2. The highest BCUT2D eigenvalue weighted by molar-refractivity contribution is 5.97. The second-order valence-electron chi connectivity index (χ2n) is 6.17. The fourth-order valence-corrected chi connectivity index (χ4v) is 3.24. The van der Waals surface area contributed by atoms with E-state index in [1.807, 2.05) is 6.92 Å². The van der Waals surface area contributed by atoms with Crippen molar-refractivity contribution >= 4 is 23.2 Å². The van der Waals surface area contributed by atoms with E-state index in [1.54, 1.807) is 12.1 Å². The second-order valence-corrected chi connectivity index (χ2v) is 6.17. The van der Waals surface area contributed by atoms with Crippen molar-refractivity contribution in [3.05, 3.63) is 33.9 Å². The predicted octanol–water partition coefficient (Wildman–Crippen LogP) is 2.79. The number of aryl methyl sites for hydroxylation is 1. The number of nitro groups is 1. The predicted molar refractivity (Wildman–Crippen MR) is 90.7 cm³/mol. The molecule has 2 amide bonds. The van der Waals surface area contributed by atoms with Crippen LogP contribution in [0.5, 0.6) is 0 Å². The molecule has 1 aromatic rings. The van der Waals surface area contributed by atoms with Crippen LogP contribution in [0.15, 0.2) is 18.2 Å².